The van der Waals surface area contributed by atoms with Crippen molar-refractivity contribution >= 4 is 17.5 Å². The fourth-order valence-electron chi connectivity index (χ4n) is 1.34. The van der Waals surface area contributed by atoms with Crippen molar-refractivity contribution < 1.29 is 22.4 Å². The quantitative estimate of drug-likeness (QED) is 0.669. The zero-order valence-corrected chi connectivity index (χ0v) is 10.8. The lowest BCUT2D eigenvalue weighted by Gasteiger charge is -2.12. The van der Waals surface area contributed by atoms with E-state index in [0.717, 1.165) is 12.1 Å². The van der Waals surface area contributed by atoms with Crippen LogP contribution in [0.25, 0.3) is 0 Å². The predicted octanol–water partition coefficient (Wildman–Crippen LogP) is 3.45. The first kappa shape index (κ1) is 15.8. The Hall–Kier alpha value is -1.30. The van der Waals surface area contributed by atoms with Crippen LogP contribution in [0.4, 0.5) is 17.6 Å². The summed E-state index contributed by atoms with van der Waals surface area (Å²) in [7, 11) is 0. The van der Waals surface area contributed by atoms with E-state index in [-0.39, 0.29) is 18.3 Å². The summed E-state index contributed by atoms with van der Waals surface area (Å²) in [4.78, 5) is 11.6. The zero-order chi connectivity index (χ0) is 14.6. The molecule has 19 heavy (non-hydrogen) atoms. The SMILES string of the molecule is CC(CCl)CNC(=O)c1cccc(C(F)(F)F)c1F. The van der Waals surface area contributed by atoms with Crippen molar-refractivity contribution in [3.8, 4) is 0 Å². The topological polar surface area (TPSA) is 29.1 Å². The molecule has 7 heteroatoms. The number of rotatable bonds is 4. The van der Waals surface area contributed by atoms with Crippen LogP contribution in [0.1, 0.15) is 22.8 Å². The molecule has 1 unspecified atom stereocenters. The number of carbonyl (C=O) groups is 1. The molecule has 1 amide bonds. The minimum atomic E-state index is -4.83. The van der Waals surface area contributed by atoms with Gasteiger partial charge >= 0.3 is 6.18 Å². The first-order valence-electron chi connectivity index (χ1n) is 5.47. The number of benzene rings is 1. The molecular formula is C12H12ClF4NO. The van der Waals surface area contributed by atoms with Crippen molar-refractivity contribution in [2.45, 2.75) is 13.1 Å². The molecule has 0 spiro atoms. The minimum Gasteiger partial charge on any atom is -0.352 e. The number of hydrogen-bond donors (Lipinski definition) is 1. The molecule has 106 valence electrons. The molecule has 0 saturated heterocycles. The molecule has 1 rings (SSSR count). The van der Waals surface area contributed by atoms with Crippen LogP contribution in [0.15, 0.2) is 18.2 Å². The maximum atomic E-state index is 13.6. The molecule has 0 aliphatic heterocycles. The largest absolute Gasteiger partial charge is 0.419 e. The van der Waals surface area contributed by atoms with Gasteiger partial charge in [0.1, 0.15) is 5.82 Å². The van der Waals surface area contributed by atoms with Crippen molar-refractivity contribution in [3.05, 3.63) is 35.1 Å². The lowest BCUT2D eigenvalue weighted by molar-refractivity contribution is -0.140. The van der Waals surface area contributed by atoms with Gasteiger partial charge in [-0.1, -0.05) is 13.0 Å². The highest BCUT2D eigenvalue weighted by atomic mass is 35.5. The van der Waals surface area contributed by atoms with Crippen molar-refractivity contribution in [1.82, 2.24) is 5.32 Å². The summed E-state index contributed by atoms with van der Waals surface area (Å²) in [5, 5.41) is 2.34. The van der Waals surface area contributed by atoms with E-state index in [9.17, 15) is 22.4 Å². The number of halogens is 5. The molecule has 0 aliphatic rings. The monoisotopic (exact) mass is 297 g/mol. The average Bonchev–Trinajstić information content (AvgIpc) is 2.34. The fraction of sp³-hybridized carbons (Fsp3) is 0.417. The van der Waals surface area contributed by atoms with Gasteiger partial charge in [0, 0.05) is 12.4 Å². The van der Waals surface area contributed by atoms with E-state index in [4.69, 9.17) is 11.6 Å². The predicted molar refractivity (Wildman–Crippen MR) is 63.6 cm³/mol. The molecule has 0 aliphatic carbocycles. The molecule has 0 aromatic heterocycles. The maximum absolute atomic E-state index is 13.6. The smallest absolute Gasteiger partial charge is 0.352 e. The summed E-state index contributed by atoms with van der Waals surface area (Å²) in [6.07, 6.45) is -4.83. The first-order valence-corrected chi connectivity index (χ1v) is 6.00. The highest BCUT2D eigenvalue weighted by Gasteiger charge is 2.35. The van der Waals surface area contributed by atoms with E-state index >= 15 is 0 Å². The Morgan fingerprint density at radius 1 is 1.42 bits per heavy atom. The molecule has 0 saturated carbocycles. The maximum Gasteiger partial charge on any atom is 0.419 e. The zero-order valence-electron chi connectivity index (χ0n) is 10.0. The standard InChI is InChI=1S/C12H12ClF4NO/c1-7(5-13)6-18-11(19)8-3-2-4-9(10(8)14)12(15,16)17/h2-4,7H,5-6H2,1H3,(H,18,19). The van der Waals surface area contributed by atoms with E-state index in [1.807, 2.05) is 0 Å². The average molecular weight is 298 g/mol. The van der Waals surface area contributed by atoms with Crippen LogP contribution >= 0.6 is 11.6 Å². The van der Waals surface area contributed by atoms with Gasteiger partial charge in [-0.15, -0.1) is 11.6 Å². The normalized spacial score (nSPS) is 13.2. The molecule has 1 aromatic carbocycles. The summed E-state index contributed by atoms with van der Waals surface area (Å²) in [6, 6.07) is 2.59. The van der Waals surface area contributed by atoms with E-state index in [1.165, 1.54) is 0 Å². The van der Waals surface area contributed by atoms with Crippen LogP contribution < -0.4 is 5.32 Å². The Bertz CT molecular complexity index is 462. The fourth-order valence-corrected chi connectivity index (χ4v) is 1.45. The molecule has 0 bridgehead atoms. The van der Waals surface area contributed by atoms with Crippen molar-refractivity contribution in [3.63, 3.8) is 0 Å². The highest BCUT2D eigenvalue weighted by Crippen LogP contribution is 2.32. The second kappa shape index (κ2) is 6.23. The van der Waals surface area contributed by atoms with Gasteiger partial charge in [-0.05, 0) is 18.1 Å². The van der Waals surface area contributed by atoms with E-state index < -0.39 is 29.0 Å². The van der Waals surface area contributed by atoms with Crippen molar-refractivity contribution in [2.75, 3.05) is 12.4 Å². The van der Waals surface area contributed by atoms with Crippen LogP contribution in [0.2, 0.25) is 0 Å². The third-order valence-electron chi connectivity index (χ3n) is 2.42. The molecule has 0 radical (unpaired) electrons. The van der Waals surface area contributed by atoms with Gasteiger partial charge in [0.05, 0.1) is 11.1 Å². The third-order valence-corrected chi connectivity index (χ3v) is 2.95. The Labute approximate surface area is 112 Å². The highest BCUT2D eigenvalue weighted by molar-refractivity contribution is 6.18. The second-order valence-electron chi connectivity index (χ2n) is 4.13. The number of alkyl halides is 4. The minimum absolute atomic E-state index is 0.0560. The van der Waals surface area contributed by atoms with Gasteiger partial charge in [0.25, 0.3) is 5.91 Å². The number of amides is 1. The van der Waals surface area contributed by atoms with Crippen LogP contribution in [0.5, 0.6) is 0 Å². The lowest BCUT2D eigenvalue weighted by Crippen LogP contribution is -2.30. The van der Waals surface area contributed by atoms with Gasteiger partial charge < -0.3 is 5.32 Å². The molecule has 1 aromatic rings. The Morgan fingerprint density at radius 2 is 2.05 bits per heavy atom. The van der Waals surface area contributed by atoms with Gasteiger partial charge in [0.2, 0.25) is 0 Å². The summed E-state index contributed by atoms with van der Waals surface area (Å²) >= 11 is 5.52. The Balaban J connectivity index is 2.93. The number of nitrogens with one attached hydrogen (secondary N) is 1. The van der Waals surface area contributed by atoms with E-state index in [1.54, 1.807) is 6.92 Å². The van der Waals surface area contributed by atoms with Gasteiger partial charge in [-0.2, -0.15) is 13.2 Å². The molecule has 0 heterocycles. The lowest BCUT2D eigenvalue weighted by atomic mass is 10.1. The van der Waals surface area contributed by atoms with Gasteiger partial charge in [-0.25, -0.2) is 4.39 Å². The number of carbonyl (C=O) groups excluding carboxylic acids is 1. The van der Waals surface area contributed by atoms with Crippen LogP contribution in [-0.4, -0.2) is 18.3 Å². The first-order chi connectivity index (χ1) is 8.77. The molecule has 1 atom stereocenters. The van der Waals surface area contributed by atoms with Crippen molar-refractivity contribution in [2.24, 2.45) is 5.92 Å². The van der Waals surface area contributed by atoms with E-state index in [2.05, 4.69) is 5.32 Å². The van der Waals surface area contributed by atoms with E-state index in [0.29, 0.717) is 6.07 Å². The summed E-state index contributed by atoms with van der Waals surface area (Å²) in [5.41, 5.74) is -2.08. The number of hydrogen-bond acceptors (Lipinski definition) is 1. The molecule has 1 N–H and O–H groups in total. The van der Waals surface area contributed by atoms with Crippen LogP contribution in [0, 0.1) is 11.7 Å². The Morgan fingerprint density at radius 3 is 2.58 bits per heavy atom. The molecule has 2 nitrogen and oxygen atoms in total. The summed E-state index contributed by atoms with van der Waals surface area (Å²) in [6.45, 7) is 1.91. The summed E-state index contributed by atoms with van der Waals surface area (Å²) in [5.74, 6) is -2.23. The third kappa shape index (κ3) is 4.09. The molecule has 0 fully saturated rings. The van der Waals surface area contributed by atoms with Gasteiger partial charge in [0.15, 0.2) is 0 Å². The second-order valence-corrected chi connectivity index (χ2v) is 4.44. The van der Waals surface area contributed by atoms with Crippen LogP contribution in [-0.2, 0) is 6.18 Å². The summed E-state index contributed by atoms with van der Waals surface area (Å²) < 4.78 is 51.0. The van der Waals surface area contributed by atoms with Gasteiger partial charge in [-0.3, -0.25) is 4.79 Å². The molecular weight excluding hydrogens is 286 g/mol. The van der Waals surface area contributed by atoms with Crippen LogP contribution in [0.3, 0.4) is 0 Å². The Kier molecular flexibility index (Phi) is 5.17. The van der Waals surface area contributed by atoms with Crippen molar-refractivity contribution in [1.29, 1.82) is 0 Å².